The highest BCUT2D eigenvalue weighted by atomic mass is 16.1. The van der Waals surface area contributed by atoms with Gasteiger partial charge in [-0.05, 0) is 37.8 Å². The minimum Gasteiger partial charge on any atom is -0.397 e. The summed E-state index contributed by atoms with van der Waals surface area (Å²) in [5, 5.41) is 6.18. The van der Waals surface area contributed by atoms with E-state index in [-0.39, 0.29) is 5.91 Å². The Morgan fingerprint density at radius 2 is 2.00 bits per heavy atom. The van der Waals surface area contributed by atoms with E-state index in [1.54, 1.807) is 0 Å². The first-order chi connectivity index (χ1) is 9.49. The topological polar surface area (TPSA) is 80.0 Å². The molecule has 0 aliphatic heterocycles. The number of nitrogen functional groups attached to an aromatic ring is 1. The van der Waals surface area contributed by atoms with E-state index in [2.05, 4.69) is 15.6 Å². The highest BCUT2D eigenvalue weighted by Gasteiger charge is 2.03. The number of aryl methyl sites for hydroxylation is 1. The van der Waals surface area contributed by atoms with Gasteiger partial charge in [-0.2, -0.15) is 0 Å². The van der Waals surface area contributed by atoms with Crippen LogP contribution in [0, 0.1) is 12.8 Å². The first-order valence-corrected chi connectivity index (χ1v) is 7.22. The van der Waals surface area contributed by atoms with Crippen LogP contribution < -0.4 is 16.4 Å². The van der Waals surface area contributed by atoms with Crippen molar-refractivity contribution in [2.45, 2.75) is 40.0 Å². The van der Waals surface area contributed by atoms with Gasteiger partial charge in [0.25, 0.3) is 0 Å². The SMILES string of the molecule is Cc1nc(NCCCCNC(=O)CC(C)C)ccc1N. The lowest BCUT2D eigenvalue weighted by Gasteiger charge is -2.09. The van der Waals surface area contributed by atoms with E-state index in [9.17, 15) is 4.79 Å². The molecule has 1 aromatic heterocycles. The maximum absolute atomic E-state index is 11.4. The van der Waals surface area contributed by atoms with Crippen LogP contribution >= 0.6 is 0 Å². The summed E-state index contributed by atoms with van der Waals surface area (Å²) in [6.45, 7) is 7.57. The third kappa shape index (κ3) is 6.41. The molecule has 5 nitrogen and oxygen atoms in total. The Hall–Kier alpha value is -1.78. The van der Waals surface area contributed by atoms with Gasteiger partial charge in [-0.25, -0.2) is 4.98 Å². The van der Waals surface area contributed by atoms with Crippen molar-refractivity contribution in [1.82, 2.24) is 10.3 Å². The number of rotatable bonds is 8. The standard InChI is InChI=1S/C15H26N4O/c1-11(2)10-15(20)18-9-5-4-8-17-14-7-6-13(16)12(3)19-14/h6-7,11H,4-5,8-10,16H2,1-3H3,(H,17,19)(H,18,20). The third-order valence-corrected chi connectivity index (χ3v) is 2.95. The molecule has 20 heavy (non-hydrogen) atoms. The average Bonchev–Trinajstić information content (AvgIpc) is 2.37. The van der Waals surface area contributed by atoms with Crippen molar-refractivity contribution in [3.05, 3.63) is 17.8 Å². The largest absolute Gasteiger partial charge is 0.397 e. The molecule has 1 aromatic rings. The predicted molar refractivity (Wildman–Crippen MR) is 83.6 cm³/mol. The number of aromatic nitrogens is 1. The van der Waals surface area contributed by atoms with Crippen molar-refractivity contribution >= 4 is 17.4 Å². The molecule has 4 N–H and O–H groups in total. The summed E-state index contributed by atoms with van der Waals surface area (Å²) in [4.78, 5) is 15.8. The number of nitrogens with two attached hydrogens (primary N) is 1. The summed E-state index contributed by atoms with van der Waals surface area (Å²) >= 11 is 0. The van der Waals surface area contributed by atoms with E-state index in [0.29, 0.717) is 18.0 Å². The number of carbonyl (C=O) groups is 1. The van der Waals surface area contributed by atoms with Crippen LogP contribution in [0.15, 0.2) is 12.1 Å². The van der Waals surface area contributed by atoms with Crippen LogP contribution in [0.2, 0.25) is 0 Å². The molecule has 1 amide bonds. The van der Waals surface area contributed by atoms with Gasteiger partial charge in [-0.15, -0.1) is 0 Å². The fourth-order valence-corrected chi connectivity index (χ4v) is 1.81. The minimum absolute atomic E-state index is 0.142. The van der Waals surface area contributed by atoms with E-state index in [1.807, 2.05) is 32.9 Å². The number of anilines is 2. The van der Waals surface area contributed by atoms with Crippen LogP contribution in [0.1, 0.15) is 38.8 Å². The number of unbranched alkanes of at least 4 members (excludes halogenated alkanes) is 1. The summed E-state index contributed by atoms with van der Waals surface area (Å²) in [7, 11) is 0. The van der Waals surface area contributed by atoms with E-state index in [1.165, 1.54) is 0 Å². The first-order valence-electron chi connectivity index (χ1n) is 7.22. The lowest BCUT2D eigenvalue weighted by atomic mass is 10.1. The molecule has 112 valence electrons. The summed E-state index contributed by atoms with van der Waals surface area (Å²) < 4.78 is 0. The monoisotopic (exact) mass is 278 g/mol. The van der Waals surface area contributed by atoms with Gasteiger partial charge in [0.2, 0.25) is 5.91 Å². The summed E-state index contributed by atoms with van der Waals surface area (Å²) in [5.74, 6) is 1.40. The predicted octanol–water partition coefficient (Wildman–Crippen LogP) is 2.33. The van der Waals surface area contributed by atoms with Crippen molar-refractivity contribution in [2.24, 2.45) is 5.92 Å². The number of pyridine rings is 1. The second-order valence-electron chi connectivity index (χ2n) is 5.45. The smallest absolute Gasteiger partial charge is 0.220 e. The number of hydrogen-bond acceptors (Lipinski definition) is 4. The second kappa shape index (κ2) is 8.40. The van der Waals surface area contributed by atoms with Crippen molar-refractivity contribution in [3.8, 4) is 0 Å². The highest BCUT2D eigenvalue weighted by Crippen LogP contribution is 2.11. The molecular weight excluding hydrogens is 252 g/mol. The van der Waals surface area contributed by atoms with Crippen LogP contribution in [0.4, 0.5) is 11.5 Å². The van der Waals surface area contributed by atoms with Crippen LogP contribution in [0.5, 0.6) is 0 Å². The molecule has 0 spiro atoms. The molecule has 0 unspecified atom stereocenters. The van der Waals surface area contributed by atoms with Crippen LogP contribution in [0.3, 0.4) is 0 Å². The van der Waals surface area contributed by atoms with Crippen molar-refractivity contribution in [1.29, 1.82) is 0 Å². The van der Waals surface area contributed by atoms with Gasteiger partial charge in [-0.1, -0.05) is 13.8 Å². The molecular formula is C15H26N4O. The van der Waals surface area contributed by atoms with Gasteiger partial charge in [0, 0.05) is 19.5 Å². The maximum atomic E-state index is 11.4. The molecule has 0 atom stereocenters. The number of nitrogens with zero attached hydrogens (tertiary/aromatic N) is 1. The number of hydrogen-bond donors (Lipinski definition) is 3. The van der Waals surface area contributed by atoms with Crippen molar-refractivity contribution in [3.63, 3.8) is 0 Å². The lowest BCUT2D eigenvalue weighted by Crippen LogP contribution is -2.25. The zero-order valence-corrected chi connectivity index (χ0v) is 12.7. The van der Waals surface area contributed by atoms with Gasteiger partial charge in [0.1, 0.15) is 5.82 Å². The van der Waals surface area contributed by atoms with Crippen LogP contribution in [-0.2, 0) is 4.79 Å². The Morgan fingerprint density at radius 3 is 2.65 bits per heavy atom. The van der Waals surface area contributed by atoms with E-state index >= 15 is 0 Å². The van der Waals surface area contributed by atoms with Crippen LogP contribution in [0.25, 0.3) is 0 Å². The Kier molecular flexibility index (Phi) is 6.84. The van der Waals surface area contributed by atoms with Gasteiger partial charge in [0.15, 0.2) is 0 Å². The van der Waals surface area contributed by atoms with Crippen LogP contribution in [-0.4, -0.2) is 24.0 Å². The third-order valence-electron chi connectivity index (χ3n) is 2.95. The molecule has 0 aromatic carbocycles. The molecule has 0 bridgehead atoms. The molecule has 0 aliphatic carbocycles. The van der Waals surface area contributed by atoms with Crippen molar-refractivity contribution < 1.29 is 4.79 Å². The Bertz CT molecular complexity index is 432. The van der Waals surface area contributed by atoms with Gasteiger partial charge in [-0.3, -0.25) is 4.79 Å². The lowest BCUT2D eigenvalue weighted by molar-refractivity contribution is -0.121. The van der Waals surface area contributed by atoms with Gasteiger partial charge < -0.3 is 16.4 Å². The molecule has 1 heterocycles. The molecule has 0 saturated heterocycles. The van der Waals surface area contributed by atoms with E-state index in [0.717, 1.165) is 37.4 Å². The molecule has 0 saturated carbocycles. The molecule has 1 rings (SSSR count). The number of amides is 1. The summed E-state index contributed by atoms with van der Waals surface area (Å²) in [5.41, 5.74) is 7.27. The summed E-state index contributed by atoms with van der Waals surface area (Å²) in [6, 6.07) is 3.74. The first kappa shape index (κ1) is 16.3. The number of nitrogens with one attached hydrogen (secondary N) is 2. The number of carbonyl (C=O) groups excluding carboxylic acids is 1. The van der Waals surface area contributed by atoms with E-state index in [4.69, 9.17) is 5.73 Å². The molecule has 5 heteroatoms. The molecule has 0 aliphatic rings. The fourth-order valence-electron chi connectivity index (χ4n) is 1.81. The minimum atomic E-state index is 0.142. The normalized spacial score (nSPS) is 10.6. The molecule has 0 radical (unpaired) electrons. The van der Waals surface area contributed by atoms with Crippen molar-refractivity contribution in [2.75, 3.05) is 24.1 Å². The van der Waals surface area contributed by atoms with Gasteiger partial charge >= 0.3 is 0 Å². The zero-order valence-electron chi connectivity index (χ0n) is 12.7. The Labute approximate surface area is 121 Å². The Morgan fingerprint density at radius 1 is 1.30 bits per heavy atom. The van der Waals surface area contributed by atoms with E-state index < -0.39 is 0 Å². The molecule has 0 fully saturated rings. The quantitative estimate of drug-likeness (QED) is 0.638. The second-order valence-corrected chi connectivity index (χ2v) is 5.45. The van der Waals surface area contributed by atoms with Gasteiger partial charge in [0.05, 0.1) is 11.4 Å². The summed E-state index contributed by atoms with van der Waals surface area (Å²) in [6.07, 6.45) is 2.56. The average molecular weight is 278 g/mol. The maximum Gasteiger partial charge on any atom is 0.220 e. The highest BCUT2D eigenvalue weighted by molar-refractivity contribution is 5.75. The zero-order chi connectivity index (χ0) is 15.0. The Balaban J connectivity index is 2.10. The fraction of sp³-hybridized carbons (Fsp3) is 0.600.